The molecule has 1 atom stereocenters. The van der Waals surface area contributed by atoms with Gasteiger partial charge in [0, 0.05) is 18.0 Å². The SMILES string of the molecule is CC(C)C(=O)c1ccc(S(=O)(=O)N2CCC(Oc3ccccc3Cl)C2)cc1. The number of rotatable bonds is 6. The van der Waals surface area contributed by atoms with E-state index in [-0.39, 0.29) is 29.2 Å². The number of benzene rings is 2. The first kappa shape index (κ1) is 19.9. The first-order valence-electron chi connectivity index (χ1n) is 8.84. The highest BCUT2D eigenvalue weighted by Gasteiger charge is 2.34. The molecule has 0 radical (unpaired) electrons. The molecule has 0 amide bonds. The van der Waals surface area contributed by atoms with Crippen LogP contribution in [0.25, 0.3) is 0 Å². The molecule has 1 heterocycles. The Morgan fingerprint density at radius 1 is 1.15 bits per heavy atom. The van der Waals surface area contributed by atoms with E-state index < -0.39 is 10.0 Å². The first-order chi connectivity index (χ1) is 12.8. The molecule has 1 aliphatic heterocycles. The van der Waals surface area contributed by atoms with Gasteiger partial charge in [-0.15, -0.1) is 0 Å². The molecule has 1 fully saturated rings. The van der Waals surface area contributed by atoms with Crippen LogP contribution in [0.15, 0.2) is 53.4 Å². The Labute approximate surface area is 165 Å². The maximum Gasteiger partial charge on any atom is 0.243 e. The summed E-state index contributed by atoms with van der Waals surface area (Å²) in [6.45, 7) is 4.27. The maximum absolute atomic E-state index is 12.9. The van der Waals surface area contributed by atoms with Crippen molar-refractivity contribution >= 4 is 27.4 Å². The highest BCUT2D eigenvalue weighted by Crippen LogP contribution is 2.28. The Kier molecular flexibility index (Phi) is 5.89. The summed E-state index contributed by atoms with van der Waals surface area (Å²) >= 11 is 6.10. The summed E-state index contributed by atoms with van der Waals surface area (Å²) < 4.78 is 33.0. The maximum atomic E-state index is 12.9. The highest BCUT2D eigenvalue weighted by molar-refractivity contribution is 7.89. The van der Waals surface area contributed by atoms with Gasteiger partial charge in [-0.1, -0.05) is 49.7 Å². The lowest BCUT2D eigenvalue weighted by Gasteiger charge is -2.18. The minimum atomic E-state index is -3.63. The molecule has 0 spiro atoms. The van der Waals surface area contributed by atoms with Gasteiger partial charge in [0.2, 0.25) is 10.0 Å². The Balaban J connectivity index is 1.71. The number of ether oxygens (including phenoxy) is 1. The third kappa shape index (κ3) is 4.34. The lowest BCUT2D eigenvalue weighted by molar-refractivity contribution is 0.0939. The van der Waals surface area contributed by atoms with Gasteiger partial charge in [0.1, 0.15) is 11.9 Å². The molecule has 1 unspecified atom stereocenters. The molecule has 2 aromatic rings. The molecule has 144 valence electrons. The van der Waals surface area contributed by atoms with Crippen molar-refractivity contribution in [3.63, 3.8) is 0 Å². The molecule has 1 saturated heterocycles. The molecule has 2 aromatic carbocycles. The zero-order chi connectivity index (χ0) is 19.6. The zero-order valence-corrected chi connectivity index (χ0v) is 16.8. The molecule has 3 rings (SSSR count). The summed E-state index contributed by atoms with van der Waals surface area (Å²) in [5.41, 5.74) is 0.519. The second-order valence-corrected chi connectivity index (χ2v) is 9.21. The van der Waals surface area contributed by atoms with Crippen LogP contribution in [0.2, 0.25) is 5.02 Å². The number of ketones is 1. The predicted octanol–water partition coefficient (Wildman–Crippen LogP) is 4.02. The van der Waals surface area contributed by atoms with Crippen LogP contribution in [-0.2, 0) is 10.0 Å². The van der Waals surface area contributed by atoms with Crippen molar-refractivity contribution in [2.45, 2.75) is 31.3 Å². The normalized spacial score (nSPS) is 18.0. The van der Waals surface area contributed by atoms with Crippen LogP contribution < -0.4 is 4.74 Å². The van der Waals surface area contributed by atoms with Crippen LogP contribution in [-0.4, -0.2) is 37.7 Å². The number of hydrogen-bond acceptors (Lipinski definition) is 4. The second-order valence-electron chi connectivity index (χ2n) is 6.87. The minimum Gasteiger partial charge on any atom is -0.487 e. The third-order valence-corrected chi connectivity index (χ3v) is 6.73. The molecule has 1 aliphatic rings. The predicted molar refractivity (Wildman–Crippen MR) is 105 cm³/mol. The molecular formula is C20H22ClNO4S. The average molecular weight is 408 g/mol. The van der Waals surface area contributed by atoms with E-state index in [9.17, 15) is 13.2 Å². The largest absolute Gasteiger partial charge is 0.487 e. The van der Waals surface area contributed by atoms with E-state index in [4.69, 9.17) is 16.3 Å². The number of hydrogen-bond donors (Lipinski definition) is 0. The number of carbonyl (C=O) groups excluding carboxylic acids is 1. The molecule has 7 heteroatoms. The molecule has 0 bridgehead atoms. The van der Waals surface area contributed by atoms with Crippen LogP contribution in [0.1, 0.15) is 30.6 Å². The average Bonchev–Trinajstić information content (AvgIpc) is 3.12. The van der Waals surface area contributed by atoms with Crippen LogP contribution in [0.4, 0.5) is 0 Å². The van der Waals surface area contributed by atoms with Gasteiger partial charge in [-0.25, -0.2) is 8.42 Å². The van der Waals surface area contributed by atoms with Crippen LogP contribution in [0, 0.1) is 5.92 Å². The second kappa shape index (κ2) is 8.00. The summed E-state index contributed by atoms with van der Waals surface area (Å²) in [5.74, 6) is 0.419. The van der Waals surface area contributed by atoms with Gasteiger partial charge in [-0.05, 0) is 30.7 Å². The Morgan fingerprint density at radius 2 is 1.81 bits per heavy atom. The van der Waals surface area contributed by atoms with Gasteiger partial charge in [-0.3, -0.25) is 4.79 Å². The smallest absolute Gasteiger partial charge is 0.243 e. The van der Waals surface area contributed by atoms with E-state index in [1.54, 1.807) is 24.3 Å². The van der Waals surface area contributed by atoms with Gasteiger partial charge in [0.15, 0.2) is 5.78 Å². The fraction of sp³-hybridized carbons (Fsp3) is 0.350. The fourth-order valence-corrected chi connectivity index (χ4v) is 4.67. The summed E-state index contributed by atoms with van der Waals surface area (Å²) in [6, 6.07) is 13.3. The number of halogens is 1. The van der Waals surface area contributed by atoms with Crippen molar-refractivity contribution < 1.29 is 17.9 Å². The van der Waals surface area contributed by atoms with Gasteiger partial charge in [-0.2, -0.15) is 4.31 Å². The first-order valence-corrected chi connectivity index (χ1v) is 10.7. The van der Waals surface area contributed by atoms with Gasteiger partial charge < -0.3 is 4.74 Å². The molecule has 0 N–H and O–H groups in total. The van der Waals surface area contributed by atoms with E-state index >= 15 is 0 Å². The summed E-state index contributed by atoms with van der Waals surface area (Å²) in [6.07, 6.45) is 0.343. The fourth-order valence-electron chi connectivity index (χ4n) is 3.01. The van der Waals surface area contributed by atoms with Crippen molar-refractivity contribution in [3.8, 4) is 5.75 Å². The topological polar surface area (TPSA) is 63.7 Å². The van der Waals surface area contributed by atoms with Crippen molar-refractivity contribution in [1.29, 1.82) is 0 Å². The van der Waals surface area contributed by atoms with Crippen molar-refractivity contribution in [1.82, 2.24) is 4.31 Å². The van der Waals surface area contributed by atoms with Gasteiger partial charge in [0.25, 0.3) is 0 Å². The van der Waals surface area contributed by atoms with Crippen LogP contribution >= 0.6 is 11.6 Å². The number of para-hydroxylation sites is 1. The zero-order valence-electron chi connectivity index (χ0n) is 15.3. The van der Waals surface area contributed by atoms with Gasteiger partial charge >= 0.3 is 0 Å². The van der Waals surface area contributed by atoms with E-state index in [1.807, 2.05) is 26.0 Å². The highest BCUT2D eigenvalue weighted by atomic mass is 35.5. The Morgan fingerprint density at radius 3 is 2.44 bits per heavy atom. The number of Topliss-reactive ketones (excluding diaryl/α,β-unsaturated/α-hetero) is 1. The summed E-state index contributed by atoms with van der Waals surface area (Å²) in [5, 5.41) is 0.504. The monoisotopic (exact) mass is 407 g/mol. The lowest BCUT2D eigenvalue weighted by atomic mass is 10.0. The number of carbonyl (C=O) groups is 1. The van der Waals surface area contributed by atoms with Crippen molar-refractivity contribution in [2.75, 3.05) is 13.1 Å². The number of sulfonamides is 1. The molecular weight excluding hydrogens is 386 g/mol. The van der Waals surface area contributed by atoms with E-state index in [0.29, 0.717) is 29.3 Å². The molecule has 0 aliphatic carbocycles. The van der Waals surface area contributed by atoms with Gasteiger partial charge in [0.05, 0.1) is 16.5 Å². The van der Waals surface area contributed by atoms with Crippen molar-refractivity contribution in [3.05, 3.63) is 59.1 Å². The molecule has 27 heavy (non-hydrogen) atoms. The molecule has 0 aromatic heterocycles. The van der Waals surface area contributed by atoms with E-state index in [0.717, 1.165) is 0 Å². The summed E-state index contributed by atoms with van der Waals surface area (Å²) in [7, 11) is -3.63. The molecule has 5 nitrogen and oxygen atoms in total. The van der Waals surface area contributed by atoms with Crippen LogP contribution in [0.5, 0.6) is 5.75 Å². The standard InChI is InChI=1S/C20H22ClNO4S/c1-14(2)20(23)15-7-9-17(10-8-15)27(24,25)22-12-11-16(13-22)26-19-6-4-3-5-18(19)21/h3-10,14,16H,11-13H2,1-2H3. The van der Waals surface area contributed by atoms with E-state index in [1.165, 1.54) is 16.4 Å². The minimum absolute atomic E-state index is 0.00618. The van der Waals surface area contributed by atoms with E-state index in [2.05, 4.69) is 0 Å². The molecule has 0 saturated carbocycles. The number of nitrogens with zero attached hydrogens (tertiary/aromatic N) is 1. The quantitative estimate of drug-likeness (QED) is 0.678. The third-order valence-electron chi connectivity index (χ3n) is 4.54. The van der Waals surface area contributed by atoms with Crippen LogP contribution in [0.3, 0.4) is 0 Å². The lowest BCUT2D eigenvalue weighted by Crippen LogP contribution is -2.31. The van der Waals surface area contributed by atoms with Crippen molar-refractivity contribution in [2.24, 2.45) is 5.92 Å². The summed E-state index contributed by atoms with van der Waals surface area (Å²) in [4.78, 5) is 12.2. The Bertz CT molecular complexity index is 925. The Hall–Kier alpha value is -1.89.